The van der Waals surface area contributed by atoms with Gasteiger partial charge >= 0.3 is 0 Å². The first-order chi connectivity index (χ1) is 14.3. The van der Waals surface area contributed by atoms with E-state index in [2.05, 4.69) is 21.4 Å². The molecule has 1 N–H and O–H groups in total. The van der Waals surface area contributed by atoms with Gasteiger partial charge in [-0.2, -0.15) is 0 Å². The Balaban J connectivity index is 1.69. The highest BCUT2D eigenvalue weighted by molar-refractivity contribution is 7.97. The van der Waals surface area contributed by atoms with E-state index in [4.69, 9.17) is 11.6 Å². The molecule has 1 aromatic rings. The Kier molecular flexibility index (Phi) is 8.04. The molecule has 0 bridgehead atoms. The van der Waals surface area contributed by atoms with E-state index >= 15 is 0 Å². The average Bonchev–Trinajstić information content (AvgIpc) is 2.72. The summed E-state index contributed by atoms with van der Waals surface area (Å²) in [6, 6.07) is 5.37. The van der Waals surface area contributed by atoms with Crippen LogP contribution in [0.15, 0.2) is 18.2 Å². The molecular weight excluding hydrogens is 428 g/mol. The van der Waals surface area contributed by atoms with Crippen molar-refractivity contribution in [2.24, 2.45) is 0 Å². The van der Waals surface area contributed by atoms with E-state index in [1.54, 1.807) is 6.07 Å². The second kappa shape index (κ2) is 10.2. The monoisotopic (exact) mass is 459 g/mol. The van der Waals surface area contributed by atoms with E-state index in [-0.39, 0.29) is 18.7 Å². The fraction of sp³-hybridized carbons (Fsp3) is 0.682. The third-order valence-electron chi connectivity index (χ3n) is 6.33. The third kappa shape index (κ3) is 5.67. The van der Waals surface area contributed by atoms with E-state index in [0.717, 1.165) is 43.9 Å². The molecule has 4 nitrogen and oxygen atoms in total. The number of nitrogens with one attached hydrogen (secondary N) is 1. The van der Waals surface area contributed by atoms with E-state index in [1.807, 2.05) is 31.0 Å². The van der Waals surface area contributed by atoms with Gasteiger partial charge in [0.05, 0.1) is 10.6 Å². The van der Waals surface area contributed by atoms with Crippen LogP contribution in [0, 0.1) is 6.92 Å². The van der Waals surface area contributed by atoms with Gasteiger partial charge in [0.15, 0.2) is 0 Å². The largest absolute Gasteiger partial charge is 0.350 e. The van der Waals surface area contributed by atoms with Crippen molar-refractivity contribution in [3.05, 3.63) is 34.3 Å². The Morgan fingerprint density at radius 2 is 1.83 bits per heavy atom. The summed E-state index contributed by atoms with van der Waals surface area (Å²) in [5.41, 5.74) is 0.857. The number of piperazine rings is 1. The minimum Gasteiger partial charge on any atom is -0.350 e. The van der Waals surface area contributed by atoms with Crippen molar-refractivity contribution in [1.82, 2.24) is 14.5 Å². The zero-order valence-corrected chi connectivity index (χ0v) is 19.4. The Labute approximate surface area is 187 Å². The van der Waals surface area contributed by atoms with E-state index in [1.165, 1.54) is 0 Å². The van der Waals surface area contributed by atoms with Crippen molar-refractivity contribution in [2.45, 2.75) is 57.4 Å². The van der Waals surface area contributed by atoms with Gasteiger partial charge in [0, 0.05) is 56.9 Å². The molecular formula is C22H32ClF2N3OS. The van der Waals surface area contributed by atoms with Gasteiger partial charge in [0.25, 0.3) is 5.91 Å². The minimum absolute atomic E-state index is 0.126. The number of halogens is 3. The van der Waals surface area contributed by atoms with Crippen molar-refractivity contribution in [3.8, 4) is 0 Å². The fourth-order valence-corrected chi connectivity index (χ4v) is 5.62. The lowest BCUT2D eigenvalue weighted by molar-refractivity contribution is -0.0854. The van der Waals surface area contributed by atoms with Crippen LogP contribution in [0.5, 0.6) is 0 Å². The Morgan fingerprint density at radius 3 is 2.43 bits per heavy atom. The summed E-state index contributed by atoms with van der Waals surface area (Å²) in [7, 11) is 0. The first-order valence-electron chi connectivity index (χ1n) is 10.8. The maximum Gasteiger partial charge on any atom is 0.253 e. The molecule has 1 amide bonds. The van der Waals surface area contributed by atoms with E-state index in [9.17, 15) is 13.6 Å². The molecule has 2 aliphatic rings. The molecule has 168 valence electrons. The number of carbonyl (C=O) groups is 1. The van der Waals surface area contributed by atoms with Crippen molar-refractivity contribution in [1.29, 1.82) is 0 Å². The summed E-state index contributed by atoms with van der Waals surface area (Å²) in [6.07, 6.45) is 1.67. The second-order valence-electron chi connectivity index (χ2n) is 8.44. The number of amides is 1. The highest BCUT2D eigenvalue weighted by Crippen LogP contribution is 2.42. The normalized spacial score (nSPS) is 22.0. The molecule has 1 saturated carbocycles. The molecule has 0 radical (unpaired) electrons. The average molecular weight is 460 g/mol. The lowest BCUT2D eigenvalue weighted by Gasteiger charge is -2.50. The molecule has 8 heteroatoms. The topological polar surface area (TPSA) is 35.6 Å². The number of carbonyl (C=O) groups excluding carboxylic acids is 1. The zero-order valence-electron chi connectivity index (χ0n) is 17.9. The van der Waals surface area contributed by atoms with Crippen LogP contribution in [-0.2, 0) is 0 Å². The number of alkyl halides is 2. The quantitative estimate of drug-likeness (QED) is 0.582. The lowest BCUT2D eigenvalue weighted by atomic mass is 9.78. The van der Waals surface area contributed by atoms with Crippen LogP contribution in [0.25, 0.3) is 0 Å². The summed E-state index contributed by atoms with van der Waals surface area (Å²) in [4.78, 5) is 15.2. The number of hydrogen-bond donors (Lipinski definition) is 1. The van der Waals surface area contributed by atoms with Gasteiger partial charge in [-0.1, -0.05) is 42.6 Å². The van der Waals surface area contributed by atoms with Gasteiger partial charge in [-0.15, -0.1) is 0 Å². The minimum atomic E-state index is -2.61. The standard InChI is InChI=1S/C22H32ClF2N3OS/c1-3-15-30-28-13-11-27(12-14-28)21(7-9-22(24,25)10-8-21)16-26-20(29)19-17(2)5-4-6-18(19)23/h4-6H,3,7-16H2,1-2H3,(H,26,29). The van der Waals surface area contributed by atoms with Crippen LogP contribution in [-0.4, -0.2) is 65.1 Å². The van der Waals surface area contributed by atoms with Gasteiger partial charge in [-0.25, -0.2) is 13.1 Å². The van der Waals surface area contributed by atoms with Crippen molar-refractivity contribution in [2.75, 3.05) is 38.5 Å². The van der Waals surface area contributed by atoms with Crippen LogP contribution in [0.3, 0.4) is 0 Å². The first-order valence-corrected chi connectivity index (χ1v) is 12.1. The number of nitrogens with zero attached hydrogens (tertiary/aromatic N) is 2. The van der Waals surface area contributed by atoms with Crippen LogP contribution >= 0.6 is 23.5 Å². The number of aryl methyl sites for hydroxylation is 1. The molecule has 0 unspecified atom stereocenters. The summed E-state index contributed by atoms with van der Waals surface area (Å²) < 4.78 is 30.3. The molecule has 0 aromatic heterocycles. The van der Waals surface area contributed by atoms with E-state index in [0.29, 0.717) is 30.0 Å². The molecule has 1 aromatic carbocycles. The SMILES string of the molecule is CCCSN1CCN(C2(CNC(=O)c3c(C)cccc3Cl)CCC(F)(F)CC2)CC1. The van der Waals surface area contributed by atoms with Crippen molar-refractivity contribution >= 4 is 29.5 Å². The van der Waals surface area contributed by atoms with Crippen LogP contribution in [0.2, 0.25) is 5.02 Å². The van der Waals surface area contributed by atoms with Crippen LogP contribution in [0.1, 0.15) is 54.9 Å². The molecule has 30 heavy (non-hydrogen) atoms. The van der Waals surface area contributed by atoms with Crippen molar-refractivity contribution in [3.63, 3.8) is 0 Å². The Hall–Kier alpha value is -0.890. The second-order valence-corrected chi connectivity index (χ2v) is 10.0. The van der Waals surface area contributed by atoms with Gasteiger partial charge < -0.3 is 5.32 Å². The maximum absolute atomic E-state index is 14.0. The molecule has 1 saturated heterocycles. The first kappa shape index (κ1) is 23.8. The predicted molar refractivity (Wildman–Crippen MR) is 121 cm³/mol. The van der Waals surface area contributed by atoms with Gasteiger partial charge in [0.2, 0.25) is 5.92 Å². The summed E-state index contributed by atoms with van der Waals surface area (Å²) in [5, 5.41) is 3.45. The highest BCUT2D eigenvalue weighted by Gasteiger charge is 2.47. The van der Waals surface area contributed by atoms with Gasteiger partial charge in [0.1, 0.15) is 0 Å². The molecule has 0 atom stereocenters. The molecule has 0 spiro atoms. The third-order valence-corrected chi connectivity index (χ3v) is 7.96. The van der Waals surface area contributed by atoms with Crippen LogP contribution in [0.4, 0.5) is 8.78 Å². The smallest absolute Gasteiger partial charge is 0.253 e. The maximum atomic E-state index is 14.0. The van der Waals surface area contributed by atoms with Crippen LogP contribution < -0.4 is 5.32 Å². The summed E-state index contributed by atoms with van der Waals surface area (Å²) in [5.74, 6) is -1.73. The number of rotatable bonds is 7. The zero-order chi connectivity index (χ0) is 21.8. The summed E-state index contributed by atoms with van der Waals surface area (Å²) in [6.45, 7) is 7.90. The molecule has 1 aliphatic carbocycles. The van der Waals surface area contributed by atoms with Gasteiger partial charge in [-0.05, 0) is 37.8 Å². The number of benzene rings is 1. The van der Waals surface area contributed by atoms with Crippen molar-refractivity contribution < 1.29 is 13.6 Å². The number of hydrogen-bond acceptors (Lipinski definition) is 4. The van der Waals surface area contributed by atoms with Gasteiger partial charge in [-0.3, -0.25) is 9.69 Å². The molecule has 1 aliphatic heterocycles. The molecule has 3 rings (SSSR count). The Morgan fingerprint density at radius 1 is 1.17 bits per heavy atom. The fourth-order valence-electron chi connectivity index (χ4n) is 4.45. The highest BCUT2D eigenvalue weighted by atomic mass is 35.5. The Bertz CT molecular complexity index is 711. The van der Waals surface area contributed by atoms with E-state index < -0.39 is 11.5 Å². The molecule has 2 fully saturated rings. The molecule has 1 heterocycles. The summed E-state index contributed by atoms with van der Waals surface area (Å²) >= 11 is 8.11. The lowest BCUT2D eigenvalue weighted by Crippen LogP contribution is -2.62. The predicted octanol–water partition coefficient (Wildman–Crippen LogP) is 5.00.